The van der Waals surface area contributed by atoms with E-state index in [1.54, 1.807) is 13.8 Å². The number of nitrogens with zero attached hydrogens (tertiary/aromatic N) is 1. The second-order valence-electron chi connectivity index (χ2n) is 5.10. The van der Waals surface area contributed by atoms with Gasteiger partial charge >= 0.3 is 0 Å². The lowest BCUT2D eigenvalue weighted by Gasteiger charge is -2.14. The van der Waals surface area contributed by atoms with Crippen molar-refractivity contribution in [2.45, 2.75) is 31.6 Å². The van der Waals surface area contributed by atoms with Crippen LogP contribution < -0.4 is 5.73 Å². The predicted octanol–water partition coefficient (Wildman–Crippen LogP) is 2.51. The van der Waals surface area contributed by atoms with Crippen molar-refractivity contribution in [2.24, 2.45) is 5.41 Å². The van der Waals surface area contributed by atoms with Crippen LogP contribution in [0.1, 0.15) is 26.7 Å². The van der Waals surface area contributed by atoms with Gasteiger partial charge in [-0.25, -0.2) is 12.8 Å². The molecule has 0 atom stereocenters. The van der Waals surface area contributed by atoms with Crippen molar-refractivity contribution in [1.29, 1.82) is 5.26 Å². The zero-order valence-electron chi connectivity index (χ0n) is 11.0. The Labute approximate surface area is 113 Å². The maximum Gasteiger partial charge on any atom is 0.178 e. The molecule has 0 saturated carbocycles. The summed E-state index contributed by atoms with van der Waals surface area (Å²) in [6.45, 7) is 3.50. The van der Waals surface area contributed by atoms with E-state index in [9.17, 15) is 12.8 Å². The minimum atomic E-state index is -3.54. The van der Waals surface area contributed by atoms with Gasteiger partial charge in [0.15, 0.2) is 9.84 Å². The minimum absolute atomic E-state index is 0.0750. The van der Waals surface area contributed by atoms with Crippen LogP contribution in [0.3, 0.4) is 0 Å². The van der Waals surface area contributed by atoms with Gasteiger partial charge in [0, 0.05) is 0 Å². The van der Waals surface area contributed by atoms with Gasteiger partial charge in [0.25, 0.3) is 0 Å². The molecule has 0 aliphatic carbocycles. The highest BCUT2D eigenvalue weighted by molar-refractivity contribution is 7.91. The van der Waals surface area contributed by atoms with Crippen molar-refractivity contribution >= 4 is 15.5 Å². The maximum atomic E-state index is 13.2. The number of nitrogen functional groups attached to an aromatic ring is 1. The van der Waals surface area contributed by atoms with Gasteiger partial charge in [-0.3, -0.25) is 0 Å². The van der Waals surface area contributed by atoms with Crippen LogP contribution in [0, 0.1) is 22.6 Å². The fourth-order valence-electron chi connectivity index (χ4n) is 1.58. The Bertz CT molecular complexity index is 604. The number of halogens is 1. The average Bonchev–Trinajstić information content (AvgIpc) is 2.32. The molecule has 0 amide bonds. The Morgan fingerprint density at radius 3 is 2.58 bits per heavy atom. The fraction of sp³-hybridized carbons (Fsp3) is 0.462. The fourth-order valence-corrected chi connectivity index (χ4v) is 2.90. The molecule has 1 rings (SSSR count). The number of benzene rings is 1. The summed E-state index contributed by atoms with van der Waals surface area (Å²) in [5.74, 6) is -0.847. The highest BCUT2D eigenvalue weighted by atomic mass is 32.2. The van der Waals surface area contributed by atoms with E-state index in [-0.39, 0.29) is 16.3 Å². The molecule has 0 heterocycles. The molecule has 0 aliphatic rings. The average molecular weight is 284 g/mol. The number of nitriles is 1. The highest BCUT2D eigenvalue weighted by Gasteiger charge is 2.20. The van der Waals surface area contributed by atoms with Crippen LogP contribution in [0.15, 0.2) is 23.1 Å². The van der Waals surface area contributed by atoms with Gasteiger partial charge in [0.1, 0.15) is 5.82 Å². The van der Waals surface area contributed by atoms with E-state index >= 15 is 0 Å². The summed E-state index contributed by atoms with van der Waals surface area (Å²) in [6, 6.07) is 5.58. The number of rotatable bonds is 5. The van der Waals surface area contributed by atoms with Gasteiger partial charge in [-0.15, -0.1) is 0 Å². The van der Waals surface area contributed by atoms with Gasteiger partial charge in [-0.1, -0.05) is 0 Å². The van der Waals surface area contributed by atoms with E-state index in [0.717, 1.165) is 6.07 Å². The van der Waals surface area contributed by atoms with Crippen LogP contribution in [-0.4, -0.2) is 14.2 Å². The first-order valence-corrected chi connectivity index (χ1v) is 7.52. The Hall–Kier alpha value is -1.61. The summed E-state index contributed by atoms with van der Waals surface area (Å²) in [4.78, 5) is -0.0750. The third kappa shape index (κ3) is 4.21. The van der Waals surface area contributed by atoms with Crippen molar-refractivity contribution in [3.63, 3.8) is 0 Å². The molecule has 6 heteroatoms. The highest BCUT2D eigenvalue weighted by Crippen LogP contribution is 2.23. The predicted molar refractivity (Wildman–Crippen MR) is 71.5 cm³/mol. The zero-order chi connectivity index (χ0) is 14.7. The molecule has 0 aliphatic heterocycles. The van der Waals surface area contributed by atoms with Crippen molar-refractivity contribution < 1.29 is 12.8 Å². The number of hydrogen-bond donors (Lipinski definition) is 1. The topological polar surface area (TPSA) is 84.0 Å². The van der Waals surface area contributed by atoms with Crippen LogP contribution in [0.4, 0.5) is 10.1 Å². The summed E-state index contributed by atoms with van der Waals surface area (Å²) in [6.07, 6.45) is 0.828. The SMILES string of the molecule is CC(C)(C#N)CCCS(=O)(=O)c1ccc(N)c(F)c1. The lowest BCUT2D eigenvalue weighted by Crippen LogP contribution is -2.13. The van der Waals surface area contributed by atoms with Crippen molar-refractivity contribution in [3.8, 4) is 6.07 Å². The minimum Gasteiger partial charge on any atom is -0.396 e. The number of hydrogen-bond acceptors (Lipinski definition) is 4. The van der Waals surface area contributed by atoms with Crippen LogP contribution in [0.2, 0.25) is 0 Å². The number of nitrogens with two attached hydrogens (primary N) is 1. The van der Waals surface area contributed by atoms with Crippen LogP contribution in [0.25, 0.3) is 0 Å². The molecule has 2 N–H and O–H groups in total. The first kappa shape index (κ1) is 15.4. The Morgan fingerprint density at radius 1 is 1.42 bits per heavy atom. The van der Waals surface area contributed by atoms with E-state index in [1.165, 1.54) is 12.1 Å². The summed E-state index contributed by atoms with van der Waals surface area (Å²) in [7, 11) is -3.54. The van der Waals surface area contributed by atoms with Gasteiger partial charge < -0.3 is 5.73 Å². The quantitative estimate of drug-likeness (QED) is 0.842. The monoisotopic (exact) mass is 284 g/mol. The Balaban J connectivity index is 2.77. The molecule has 104 valence electrons. The third-order valence-electron chi connectivity index (χ3n) is 2.85. The van der Waals surface area contributed by atoms with E-state index in [2.05, 4.69) is 6.07 Å². The second-order valence-corrected chi connectivity index (χ2v) is 7.21. The molecule has 0 spiro atoms. The standard InChI is InChI=1S/C13H17FN2O2S/c1-13(2,9-15)6-3-7-19(17,18)10-4-5-12(16)11(14)8-10/h4-5,8H,3,6-7,16H2,1-2H3. The number of sulfone groups is 1. The van der Waals surface area contributed by atoms with Gasteiger partial charge in [-0.2, -0.15) is 5.26 Å². The van der Waals surface area contributed by atoms with Gasteiger partial charge in [-0.05, 0) is 44.9 Å². The van der Waals surface area contributed by atoms with Crippen LogP contribution in [-0.2, 0) is 9.84 Å². The molecule has 19 heavy (non-hydrogen) atoms. The molecule has 0 bridgehead atoms. The molecule has 0 aromatic heterocycles. The van der Waals surface area contributed by atoms with E-state index in [4.69, 9.17) is 11.0 Å². The number of anilines is 1. The second kappa shape index (κ2) is 5.57. The lowest BCUT2D eigenvalue weighted by molar-refractivity contribution is 0.445. The van der Waals surface area contributed by atoms with Gasteiger partial charge in [0.2, 0.25) is 0 Å². The molecule has 0 radical (unpaired) electrons. The normalized spacial score (nSPS) is 12.1. The van der Waals surface area contributed by atoms with Crippen molar-refractivity contribution in [1.82, 2.24) is 0 Å². The first-order chi connectivity index (χ1) is 8.68. The molecule has 0 saturated heterocycles. The first-order valence-electron chi connectivity index (χ1n) is 5.87. The summed E-state index contributed by atoms with van der Waals surface area (Å²) < 4.78 is 37.2. The molecular weight excluding hydrogens is 267 g/mol. The molecule has 1 aromatic carbocycles. The summed E-state index contributed by atoms with van der Waals surface area (Å²) >= 11 is 0. The molecule has 0 fully saturated rings. The van der Waals surface area contributed by atoms with E-state index in [1.807, 2.05) is 0 Å². The summed E-state index contributed by atoms with van der Waals surface area (Å²) in [5, 5.41) is 8.84. The van der Waals surface area contributed by atoms with Crippen molar-refractivity contribution in [2.75, 3.05) is 11.5 Å². The van der Waals surface area contributed by atoms with Crippen LogP contribution >= 0.6 is 0 Å². The smallest absolute Gasteiger partial charge is 0.178 e. The van der Waals surface area contributed by atoms with E-state index < -0.39 is 21.1 Å². The Morgan fingerprint density at radius 2 is 2.05 bits per heavy atom. The molecule has 4 nitrogen and oxygen atoms in total. The lowest BCUT2D eigenvalue weighted by atomic mass is 9.90. The van der Waals surface area contributed by atoms with Crippen molar-refractivity contribution in [3.05, 3.63) is 24.0 Å². The van der Waals surface area contributed by atoms with Crippen LogP contribution in [0.5, 0.6) is 0 Å². The zero-order valence-corrected chi connectivity index (χ0v) is 11.8. The molecular formula is C13H17FN2O2S. The maximum absolute atomic E-state index is 13.2. The molecule has 1 aromatic rings. The largest absolute Gasteiger partial charge is 0.396 e. The third-order valence-corrected chi connectivity index (χ3v) is 4.65. The van der Waals surface area contributed by atoms with E-state index in [0.29, 0.717) is 12.8 Å². The molecule has 0 unspecified atom stereocenters. The van der Waals surface area contributed by atoms with Gasteiger partial charge in [0.05, 0.1) is 27.8 Å². The Kier molecular flexibility index (Phi) is 4.53. The summed E-state index contributed by atoms with van der Waals surface area (Å²) in [5.41, 5.74) is 4.67.